The van der Waals surface area contributed by atoms with Gasteiger partial charge < -0.3 is 0 Å². The molecule has 3 rings (SSSR count). The number of rotatable bonds is 0. The van der Waals surface area contributed by atoms with Crippen molar-refractivity contribution in [3.8, 4) is 11.1 Å². The molecule has 1 aliphatic rings. The van der Waals surface area contributed by atoms with Gasteiger partial charge in [-0.15, -0.1) is 0 Å². The zero-order valence-electron chi connectivity index (χ0n) is 13.8. The molecule has 0 amide bonds. The summed E-state index contributed by atoms with van der Waals surface area (Å²) < 4.78 is 0. The van der Waals surface area contributed by atoms with Crippen LogP contribution in [0.1, 0.15) is 56.9 Å². The zero-order chi connectivity index (χ0) is 15.6. The second-order valence-corrected chi connectivity index (χ2v) is 8.19. The number of benzene rings is 2. The smallest absolute Gasteiger partial charge is 0.0441 e. The largest absolute Gasteiger partial charge is 0.0840 e. The highest BCUT2D eigenvalue weighted by atomic mass is 35.5. The van der Waals surface area contributed by atoms with Gasteiger partial charge in [0.2, 0.25) is 0 Å². The van der Waals surface area contributed by atoms with Gasteiger partial charge in [-0.1, -0.05) is 70.5 Å². The lowest BCUT2D eigenvalue weighted by molar-refractivity contribution is 0.584. The Morgan fingerprint density at radius 2 is 1.52 bits per heavy atom. The highest BCUT2D eigenvalue weighted by molar-refractivity contribution is 6.31. The van der Waals surface area contributed by atoms with Crippen LogP contribution in [0.5, 0.6) is 0 Å². The summed E-state index contributed by atoms with van der Waals surface area (Å²) in [5, 5.41) is 0.859. The number of halogens is 1. The first-order chi connectivity index (χ1) is 9.62. The van der Waals surface area contributed by atoms with Crippen LogP contribution in [0.25, 0.3) is 11.1 Å². The molecule has 0 spiro atoms. The molecule has 0 radical (unpaired) electrons. The van der Waals surface area contributed by atoms with Crippen LogP contribution < -0.4 is 0 Å². The molecule has 0 saturated heterocycles. The molecule has 0 aliphatic heterocycles. The summed E-state index contributed by atoms with van der Waals surface area (Å²) in [4.78, 5) is 0. The van der Waals surface area contributed by atoms with E-state index in [2.05, 4.69) is 71.9 Å². The standard InChI is InChI=1S/C20H23Cl/c1-12-9-16-15(11-18(12)21)14-8-7-13(19(2,3)4)10-17(14)20(16,5)6/h7-11H,1-6H3. The van der Waals surface area contributed by atoms with Crippen LogP contribution >= 0.6 is 11.6 Å². The van der Waals surface area contributed by atoms with Crippen LogP contribution in [0.2, 0.25) is 5.02 Å². The fourth-order valence-corrected chi connectivity index (χ4v) is 3.49. The molecule has 0 unspecified atom stereocenters. The molecular formula is C20H23Cl. The Morgan fingerprint density at radius 1 is 0.905 bits per heavy atom. The molecule has 1 heteroatoms. The molecule has 0 fully saturated rings. The highest BCUT2D eigenvalue weighted by Crippen LogP contribution is 2.50. The molecule has 1 aliphatic carbocycles. The first-order valence-electron chi connectivity index (χ1n) is 7.58. The molecule has 0 aromatic heterocycles. The second-order valence-electron chi connectivity index (χ2n) is 7.78. The van der Waals surface area contributed by atoms with Gasteiger partial charge in [0.15, 0.2) is 0 Å². The predicted molar refractivity (Wildman–Crippen MR) is 92.5 cm³/mol. The lowest BCUT2D eigenvalue weighted by atomic mass is 9.79. The van der Waals surface area contributed by atoms with E-state index in [0.717, 1.165) is 10.6 Å². The van der Waals surface area contributed by atoms with Crippen LogP contribution in [0.4, 0.5) is 0 Å². The van der Waals surface area contributed by atoms with E-state index in [0.29, 0.717) is 0 Å². The molecule has 2 aromatic carbocycles. The van der Waals surface area contributed by atoms with Crippen molar-refractivity contribution >= 4 is 11.6 Å². The molecule has 21 heavy (non-hydrogen) atoms. The minimum atomic E-state index is 0.0429. The number of hydrogen-bond donors (Lipinski definition) is 0. The summed E-state index contributed by atoms with van der Waals surface area (Å²) in [5.74, 6) is 0. The molecule has 0 heterocycles. The summed E-state index contributed by atoms with van der Waals surface area (Å²) in [6, 6.07) is 11.3. The Balaban J connectivity index is 2.29. The number of aryl methyl sites for hydroxylation is 1. The average Bonchev–Trinajstić information content (AvgIpc) is 2.59. The van der Waals surface area contributed by atoms with Crippen molar-refractivity contribution in [3.63, 3.8) is 0 Å². The first kappa shape index (κ1) is 14.7. The molecule has 0 saturated carbocycles. The molecular weight excluding hydrogens is 276 g/mol. The molecule has 0 N–H and O–H groups in total. The fourth-order valence-electron chi connectivity index (χ4n) is 3.33. The number of fused-ring (bicyclic) bond motifs is 3. The van der Waals surface area contributed by atoms with E-state index in [1.54, 1.807) is 0 Å². The normalized spacial score (nSPS) is 15.8. The Labute approximate surface area is 133 Å². The maximum absolute atomic E-state index is 6.36. The van der Waals surface area contributed by atoms with Gasteiger partial charge in [-0.05, 0) is 51.8 Å². The van der Waals surface area contributed by atoms with Crippen molar-refractivity contribution in [2.24, 2.45) is 0 Å². The summed E-state index contributed by atoms with van der Waals surface area (Å²) in [7, 11) is 0. The van der Waals surface area contributed by atoms with Crippen molar-refractivity contribution in [2.75, 3.05) is 0 Å². The quantitative estimate of drug-likeness (QED) is 0.539. The average molecular weight is 299 g/mol. The van der Waals surface area contributed by atoms with Crippen LogP contribution in [-0.4, -0.2) is 0 Å². The van der Waals surface area contributed by atoms with E-state index in [4.69, 9.17) is 11.6 Å². The lowest BCUT2D eigenvalue weighted by Crippen LogP contribution is -2.17. The third-order valence-corrected chi connectivity index (χ3v) is 5.23. The Bertz CT molecular complexity index is 730. The fraction of sp³-hybridized carbons (Fsp3) is 0.400. The molecule has 110 valence electrons. The van der Waals surface area contributed by atoms with Gasteiger partial charge in [0.1, 0.15) is 0 Å². The van der Waals surface area contributed by atoms with Gasteiger partial charge in [0.05, 0.1) is 0 Å². The van der Waals surface area contributed by atoms with E-state index in [-0.39, 0.29) is 10.8 Å². The topological polar surface area (TPSA) is 0 Å². The summed E-state index contributed by atoms with van der Waals surface area (Å²) >= 11 is 6.36. The van der Waals surface area contributed by atoms with Crippen molar-refractivity contribution < 1.29 is 0 Å². The predicted octanol–water partition coefficient (Wildman–Crippen LogP) is 6.25. The van der Waals surface area contributed by atoms with E-state index in [9.17, 15) is 0 Å². The SMILES string of the molecule is Cc1cc2c(cc1Cl)-c1ccc(C(C)(C)C)cc1C2(C)C. The summed E-state index contributed by atoms with van der Waals surface area (Å²) in [6.07, 6.45) is 0. The van der Waals surface area contributed by atoms with Gasteiger partial charge >= 0.3 is 0 Å². The Kier molecular flexibility index (Phi) is 3.05. The minimum absolute atomic E-state index is 0.0429. The van der Waals surface area contributed by atoms with Crippen LogP contribution in [-0.2, 0) is 10.8 Å². The first-order valence-corrected chi connectivity index (χ1v) is 7.96. The second kappa shape index (κ2) is 4.36. The van der Waals surface area contributed by atoms with Crippen molar-refractivity contribution in [1.29, 1.82) is 0 Å². The van der Waals surface area contributed by atoms with Gasteiger partial charge in [0, 0.05) is 10.4 Å². The van der Waals surface area contributed by atoms with E-state index in [1.807, 2.05) is 0 Å². The number of hydrogen-bond acceptors (Lipinski definition) is 0. The van der Waals surface area contributed by atoms with Crippen molar-refractivity contribution in [2.45, 2.75) is 52.4 Å². The third-order valence-electron chi connectivity index (χ3n) is 4.82. The maximum Gasteiger partial charge on any atom is 0.0441 e. The van der Waals surface area contributed by atoms with E-state index >= 15 is 0 Å². The lowest BCUT2D eigenvalue weighted by Gasteiger charge is -2.25. The zero-order valence-corrected chi connectivity index (χ0v) is 14.5. The highest BCUT2D eigenvalue weighted by Gasteiger charge is 2.36. The van der Waals surface area contributed by atoms with Gasteiger partial charge in [0.25, 0.3) is 0 Å². The summed E-state index contributed by atoms with van der Waals surface area (Å²) in [5.41, 5.74) is 8.22. The molecule has 2 aromatic rings. The Morgan fingerprint density at radius 3 is 2.14 bits per heavy atom. The van der Waals surface area contributed by atoms with E-state index in [1.165, 1.54) is 27.8 Å². The van der Waals surface area contributed by atoms with Crippen LogP contribution in [0, 0.1) is 6.92 Å². The van der Waals surface area contributed by atoms with Crippen LogP contribution in [0.3, 0.4) is 0 Å². The molecule has 0 nitrogen and oxygen atoms in total. The van der Waals surface area contributed by atoms with Crippen molar-refractivity contribution in [3.05, 3.63) is 57.6 Å². The molecule has 0 atom stereocenters. The van der Waals surface area contributed by atoms with Gasteiger partial charge in [-0.2, -0.15) is 0 Å². The monoisotopic (exact) mass is 298 g/mol. The van der Waals surface area contributed by atoms with Crippen LogP contribution in [0.15, 0.2) is 30.3 Å². The summed E-state index contributed by atoms with van der Waals surface area (Å²) in [6.45, 7) is 13.5. The molecule has 0 bridgehead atoms. The Hall–Kier alpha value is -1.27. The van der Waals surface area contributed by atoms with Crippen molar-refractivity contribution in [1.82, 2.24) is 0 Å². The van der Waals surface area contributed by atoms with Gasteiger partial charge in [-0.25, -0.2) is 0 Å². The maximum atomic E-state index is 6.36. The third kappa shape index (κ3) is 2.12. The van der Waals surface area contributed by atoms with E-state index < -0.39 is 0 Å². The van der Waals surface area contributed by atoms with Gasteiger partial charge in [-0.3, -0.25) is 0 Å². The minimum Gasteiger partial charge on any atom is -0.0840 e.